The molecule has 4 heteroatoms. The molecule has 0 spiro atoms. The fourth-order valence-corrected chi connectivity index (χ4v) is 1.91. The quantitative estimate of drug-likeness (QED) is 0.793. The summed E-state index contributed by atoms with van der Waals surface area (Å²) in [7, 11) is 0. The lowest BCUT2D eigenvalue weighted by Gasteiger charge is -2.08. The minimum absolute atomic E-state index is 0. The highest BCUT2D eigenvalue weighted by Gasteiger charge is 2.16. The van der Waals surface area contributed by atoms with Gasteiger partial charge in [-0.2, -0.15) is 0 Å². The summed E-state index contributed by atoms with van der Waals surface area (Å²) in [6, 6.07) is 4.21. The molecule has 1 atom stereocenters. The Labute approximate surface area is 95.5 Å². The topological polar surface area (TPSA) is 24.9 Å². The molecule has 0 saturated carbocycles. The van der Waals surface area contributed by atoms with Crippen LogP contribution in [-0.4, -0.2) is 18.1 Å². The molecule has 0 radical (unpaired) electrons. The largest absolute Gasteiger partial charge is 0.316 e. The molecule has 1 aliphatic heterocycles. The van der Waals surface area contributed by atoms with E-state index in [-0.39, 0.29) is 12.4 Å². The average molecular weight is 233 g/mol. The first-order valence-electron chi connectivity index (χ1n) is 4.61. The third-order valence-corrected chi connectivity index (χ3v) is 2.78. The molecule has 0 aliphatic carbocycles. The Morgan fingerprint density at radius 3 is 3.07 bits per heavy atom. The summed E-state index contributed by atoms with van der Waals surface area (Å²) in [5, 5.41) is 3.35. The van der Waals surface area contributed by atoms with Crippen LogP contribution < -0.4 is 5.32 Å². The maximum atomic E-state index is 5.73. The molecule has 2 rings (SSSR count). The molecule has 0 aromatic carbocycles. The van der Waals surface area contributed by atoms with E-state index < -0.39 is 0 Å². The SMILES string of the molecule is Cl.ClCc1cc(C2CCNC2)ccn1. The maximum absolute atomic E-state index is 5.73. The fourth-order valence-electron chi connectivity index (χ4n) is 1.76. The third kappa shape index (κ3) is 2.59. The number of nitrogens with one attached hydrogen (secondary N) is 1. The van der Waals surface area contributed by atoms with Gasteiger partial charge in [-0.15, -0.1) is 24.0 Å². The van der Waals surface area contributed by atoms with Crippen LogP contribution in [0.4, 0.5) is 0 Å². The lowest BCUT2D eigenvalue weighted by Crippen LogP contribution is -2.08. The van der Waals surface area contributed by atoms with Crippen molar-refractivity contribution in [2.75, 3.05) is 13.1 Å². The molecule has 1 aliphatic rings. The highest BCUT2D eigenvalue weighted by molar-refractivity contribution is 6.16. The molecule has 0 amide bonds. The van der Waals surface area contributed by atoms with Gasteiger partial charge in [0.05, 0.1) is 11.6 Å². The van der Waals surface area contributed by atoms with Crippen LogP contribution in [0.2, 0.25) is 0 Å². The zero-order valence-electron chi connectivity index (χ0n) is 7.87. The van der Waals surface area contributed by atoms with Crippen molar-refractivity contribution in [3.05, 3.63) is 29.6 Å². The van der Waals surface area contributed by atoms with Gasteiger partial charge < -0.3 is 5.32 Å². The first-order valence-corrected chi connectivity index (χ1v) is 5.15. The van der Waals surface area contributed by atoms with Crippen molar-refractivity contribution in [1.82, 2.24) is 10.3 Å². The van der Waals surface area contributed by atoms with Crippen molar-refractivity contribution in [1.29, 1.82) is 0 Å². The number of hydrogen-bond donors (Lipinski definition) is 1. The van der Waals surface area contributed by atoms with E-state index in [1.165, 1.54) is 12.0 Å². The Morgan fingerprint density at radius 2 is 2.43 bits per heavy atom. The summed E-state index contributed by atoms with van der Waals surface area (Å²) < 4.78 is 0. The second-order valence-electron chi connectivity index (χ2n) is 3.40. The van der Waals surface area contributed by atoms with E-state index in [0.717, 1.165) is 18.8 Å². The van der Waals surface area contributed by atoms with Gasteiger partial charge in [-0.3, -0.25) is 4.98 Å². The number of nitrogens with zero attached hydrogens (tertiary/aromatic N) is 1. The van der Waals surface area contributed by atoms with Crippen molar-refractivity contribution in [3.63, 3.8) is 0 Å². The first-order chi connectivity index (χ1) is 6.40. The fraction of sp³-hybridized carbons (Fsp3) is 0.500. The molecule has 2 nitrogen and oxygen atoms in total. The Kier molecular flexibility index (Phi) is 4.66. The molecule has 2 heterocycles. The van der Waals surface area contributed by atoms with Gasteiger partial charge in [0, 0.05) is 12.7 Å². The third-order valence-electron chi connectivity index (χ3n) is 2.51. The van der Waals surface area contributed by atoms with Gasteiger partial charge in [-0.1, -0.05) is 0 Å². The van der Waals surface area contributed by atoms with Gasteiger partial charge in [0.25, 0.3) is 0 Å². The van der Waals surface area contributed by atoms with Crippen molar-refractivity contribution in [2.45, 2.75) is 18.2 Å². The van der Waals surface area contributed by atoms with Crippen LogP contribution in [-0.2, 0) is 5.88 Å². The average Bonchev–Trinajstić information content (AvgIpc) is 2.71. The minimum atomic E-state index is 0. The number of alkyl halides is 1. The van der Waals surface area contributed by atoms with Crippen molar-refractivity contribution in [3.8, 4) is 0 Å². The van der Waals surface area contributed by atoms with Gasteiger partial charge >= 0.3 is 0 Å². The van der Waals surface area contributed by atoms with Gasteiger partial charge in [-0.25, -0.2) is 0 Å². The Balaban J connectivity index is 0.000000980. The van der Waals surface area contributed by atoms with Gasteiger partial charge in [0.15, 0.2) is 0 Å². The van der Waals surface area contributed by atoms with Gasteiger partial charge in [-0.05, 0) is 36.6 Å². The van der Waals surface area contributed by atoms with Gasteiger partial charge in [0.1, 0.15) is 0 Å². The molecular formula is C10H14Cl2N2. The predicted molar refractivity (Wildman–Crippen MR) is 61.3 cm³/mol. The maximum Gasteiger partial charge on any atom is 0.0647 e. The van der Waals surface area contributed by atoms with E-state index >= 15 is 0 Å². The Hall–Kier alpha value is -0.310. The minimum Gasteiger partial charge on any atom is -0.316 e. The standard InChI is InChI=1S/C10H13ClN2.ClH/c11-6-10-5-8(2-4-13-10)9-1-3-12-7-9;/h2,4-5,9,12H,1,3,6-7H2;1H. The van der Waals surface area contributed by atoms with E-state index in [9.17, 15) is 0 Å². The number of rotatable bonds is 2. The molecule has 1 aromatic rings. The zero-order chi connectivity index (χ0) is 9.10. The Morgan fingerprint density at radius 1 is 1.57 bits per heavy atom. The monoisotopic (exact) mass is 232 g/mol. The molecule has 0 bridgehead atoms. The Bertz CT molecular complexity index is 285. The lowest BCUT2D eigenvalue weighted by atomic mass is 9.99. The van der Waals surface area contributed by atoms with E-state index in [0.29, 0.717) is 11.8 Å². The second kappa shape index (κ2) is 5.54. The highest BCUT2D eigenvalue weighted by Crippen LogP contribution is 2.22. The number of pyridine rings is 1. The summed E-state index contributed by atoms with van der Waals surface area (Å²) in [5.74, 6) is 1.17. The number of aromatic nitrogens is 1. The van der Waals surface area contributed by atoms with Gasteiger partial charge in [0.2, 0.25) is 0 Å². The molecule has 1 fully saturated rings. The van der Waals surface area contributed by atoms with E-state index in [4.69, 9.17) is 11.6 Å². The van der Waals surface area contributed by atoms with E-state index in [1.807, 2.05) is 6.20 Å². The zero-order valence-corrected chi connectivity index (χ0v) is 9.44. The summed E-state index contributed by atoms with van der Waals surface area (Å²) in [6.45, 7) is 2.22. The van der Waals surface area contributed by atoms with Crippen molar-refractivity contribution < 1.29 is 0 Å². The molecule has 1 saturated heterocycles. The molecule has 1 unspecified atom stereocenters. The van der Waals surface area contributed by atoms with Crippen molar-refractivity contribution >= 4 is 24.0 Å². The highest BCUT2D eigenvalue weighted by atomic mass is 35.5. The van der Waals surface area contributed by atoms with E-state index in [1.54, 1.807) is 0 Å². The van der Waals surface area contributed by atoms with Crippen LogP contribution in [0, 0.1) is 0 Å². The van der Waals surface area contributed by atoms with Crippen LogP contribution in [0.5, 0.6) is 0 Å². The molecular weight excluding hydrogens is 219 g/mol. The summed E-state index contributed by atoms with van der Waals surface area (Å²) >= 11 is 5.73. The van der Waals surface area contributed by atoms with Crippen LogP contribution in [0.25, 0.3) is 0 Å². The van der Waals surface area contributed by atoms with Crippen LogP contribution >= 0.6 is 24.0 Å². The predicted octanol–water partition coefficient (Wildman–Crippen LogP) is 2.32. The van der Waals surface area contributed by atoms with Crippen molar-refractivity contribution in [2.24, 2.45) is 0 Å². The normalized spacial score (nSPS) is 20.5. The summed E-state index contributed by atoms with van der Waals surface area (Å²) in [6.07, 6.45) is 3.08. The van der Waals surface area contributed by atoms with Crippen LogP contribution in [0.15, 0.2) is 18.3 Å². The lowest BCUT2D eigenvalue weighted by molar-refractivity contribution is 0.759. The molecule has 1 aromatic heterocycles. The van der Waals surface area contributed by atoms with E-state index in [2.05, 4.69) is 22.4 Å². The molecule has 1 N–H and O–H groups in total. The number of halogens is 2. The summed E-state index contributed by atoms with van der Waals surface area (Å²) in [5.41, 5.74) is 2.35. The number of hydrogen-bond acceptors (Lipinski definition) is 2. The smallest absolute Gasteiger partial charge is 0.0647 e. The summed E-state index contributed by atoms with van der Waals surface area (Å²) in [4.78, 5) is 4.18. The molecule has 14 heavy (non-hydrogen) atoms. The first kappa shape index (κ1) is 11.8. The van der Waals surface area contributed by atoms with Crippen LogP contribution in [0.1, 0.15) is 23.6 Å². The van der Waals surface area contributed by atoms with Crippen LogP contribution in [0.3, 0.4) is 0 Å². The second-order valence-corrected chi connectivity index (χ2v) is 3.67. The molecule has 78 valence electrons.